The zero-order chi connectivity index (χ0) is 21.6. The van der Waals surface area contributed by atoms with Crippen molar-refractivity contribution in [3.63, 3.8) is 0 Å². The van der Waals surface area contributed by atoms with Gasteiger partial charge in [-0.2, -0.15) is 0 Å². The fourth-order valence-corrected chi connectivity index (χ4v) is 2.74. The van der Waals surface area contributed by atoms with E-state index in [1.165, 1.54) is 0 Å². The van der Waals surface area contributed by atoms with E-state index >= 15 is 0 Å². The molecule has 0 aromatic heterocycles. The molecule has 2 aromatic rings. The molecule has 0 radical (unpaired) electrons. The Morgan fingerprint density at radius 1 is 1.00 bits per heavy atom. The first kappa shape index (κ1) is 22.4. The molecule has 0 fully saturated rings. The summed E-state index contributed by atoms with van der Waals surface area (Å²) < 4.78 is 5.49. The predicted molar refractivity (Wildman–Crippen MR) is 118 cm³/mol. The van der Waals surface area contributed by atoms with E-state index in [4.69, 9.17) is 17.0 Å². The fourth-order valence-electron chi connectivity index (χ4n) is 2.60. The Bertz CT molecular complexity index is 903. The van der Waals surface area contributed by atoms with Crippen molar-refractivity contribution in [2.45, 2.75) is 40.0 Å². The van der Waals surface area contributed by atoms with Gasteiger partial charge in [-0.3, -0.25) is 25.8 Å². The lowest BCUT2D eigenvalue weighted by molar-refractivity contribution is -0.123. The Balaban J connectivity index is 1.78. The smallest absolute Gasteiger partial charge is 0.276 e. The van der Waals surface area contributed by atoms with Crippen LogP contribution in [0.25, 0.3) is 0 Å². The predicted octanol–water partition coefficient (Wildman–Crippen LogP) is 3.32. The van der Waals surface area contributed by atoms with Crippen molar-refractivity contribution >= 4 is 29.1 Å². The van der Waals surface area contributed by atoms with E-state index < -0.39 is 5.91 Å². The topological polar surface area (TPSA) is 79.5 Å². The van der Waals surface area contributed by atoms with Crippen LogP contribution in [0.15, 0.2) is 42.5 Å². The van der Waals surface area contributed by atoms with E-state index in [0.717, 1.165) is 16.7 Å². The van der Waals surface area contributed by atoms with Crippen LogP contribution in [0.5, 0.6) is 5.75 Å². The van der Waals surface area contributed by atoms with Gasteiger partial charge >= 0.3 is 0 Å². The number of aryl methyl sites for hydroxylation is 2. The molecule has 2 amide bonds. The molecular weight excluding hydrogens is 386 g/mol. The van der Waals surface area contributed by atoms with Crippen LogP contribution >= 0.6 is 12.2 Å². The van der Waals surface area contributed by atoms with E-state index in [2.05, 4.69) is 36.9 Å². The number of hydrogen-bond donors (Lipinski definition) is 3. The van der Waals surface area contributed by atoms with Crippen LogP contribution in [0.4, 0.5) is 0 Å². The first-order valence-electron chi connectivity index (χ1n) is 9.27. The molecule has 0 aliphatic carbocycles. The summed E-state index contributed by atoms with van der Waals surface area (Å²) in [6.07, 6.45) is 0. The van der Waals surface area contributed by atoms with Crippen molar-refractivity contribution in [1.82, 2.24) is 16.2 Å². The minimum absolute atomic E-state index is 0.00485. The second-order valence-corrected chi connectivity index (χ2v) is 8.25. The van der Waals surface area contributed by atoms with Crippen LogP contribution in [-0.2, 0) is 10.2 Å². The number of carbonyl (C=O) groups excluding carboxylic acids is 2. The van der Waals surface area contributed by atoms with Gasteiger partial charge in [0.1, 0.15) is 5.75 Å². The summed E-state index contributed by atoms with van der Waals surface area (Å²) in [5.74, 6) is -0.139. The summed E-state index contributed by atoms with van der Waals surface area (Å²) in [6.45, 7) is 10.0. The SMILES string of the molecule is Cc1ccc(OCC(=O)NNC(=S)NC(=O)c2ccc(C(C)(C)C)cc2)c(C)c1. The van der Waals surface area contributed by atoms with E-state index in [1.54, 1.807) is 12.1 Å². The van der Waals surface area contributed by atoms with Crippen LogP contribution in [0, 0.1) is 13.8 Å². The van der Waals surface area contributed by atoms with Gasteiger partial charge in [-0.1, -0.05) is 50.6 Å². The van der Waals surface area contributed by atoms with E-state index in [0.29, 0.717) is 11.3 Å². The van der Waals surface area contributed by atoms with Crippen LogP contribution in [0.2, 0.25) is 0 Å². The molecule has 0 heterocycles. The maximum absolute atomic E-state index is 12.3. The Morgan fingerprint density at radius 3 is 2.24 bits per heavy atom. The molecule has 0 unspecified atom stereocenters. The lowest BCUT2D eigenvalue weighted by Gasteiger charge is -2.19. The highest BCUT2D eigenvalue weighted by Gasteiger charge is 2.15. The minimum Gasteiger partial charge on any atom is -0.483 e. The van der Waals surface area contributed by atoms with Crippen LogP contribution in [0.3, 0.4) is 0 Å². The Kier molecular flexibility index (Phi) is 7.34. The summed E-state index contributed by atoms with van der Waals surface area (Å²) in [5.41, 5.74) is 8.59. The Morgan fingerprint density at radius 2 is 1.66 bits per heavy atom. The average Bonchev–Trinajstić information content (AvgIpc) is 2.65. The van der Waals surface area contributed by atoms with Crippen molar-refractivity contribution in [3.05, 3.63) is 64.7 Å². The van der Waals surface area contributed by atoms with Crippen molar-refractivity contribution in [2.75, 3.05) is 6.61 Å². The molecular formula is C22H27N3O3S. The van der Waals surface area contributed by atoms with Crippen LogP contribution < -0.4 is 20.9 Å². The van der Waals surface area contributed by atoms with Gasteiger partial charge in [0.2, 0.25) is 0 Å². The van der Waals surface area contributed by atoms with E-state index in [1.807, 2.05) is 44.2 Å². The van der Waals surface area contributed by atoms with Gasteiger partial charge in [-0.25, -0.2) is 0 Å². The third-order valence-corrected chi connectivity index (χ3v) is 4.45. The Hall–Kier alpha value is -2.93. The van der Waals surface area contributed by atoms with Gasteiger partial charge in [0.25, 0.3) is 11.8 Å². The van der Waals surface area contributed by atoms with Gasteiger partial charge in [0.05, 0.1) is 0 Å². The summed E-state index contributed by atoms with van der Waals surface area (Å²) >= 11 is 5.05. The molecule has 0 aliphatic heterocycles. The highest BCUT2D eigenvalue weighted by molar-refractivity contribution is 7.80. The quantitative estimate of drug-likeness (QED) is 0.529. The number of hydrazine groups is 1. The number of ether oxygens (including phenoxy) is 1. The minimum atomic E-state index is -0.420. The molecule has 0 atom stereocenters. The standard InChI is InChI=1S/C22H27N3O3S/c1-14-6-11-18(15(2)12-14)28-13-19(26)24-25-21(29)23-20(27)16-7-9-17(10-8-16)22(3,4)5/h6-12H,13H2,1-5H3,(H,24,26)(H2,23,25,27,29). The first-order valence-corrected chi connectivity index (χ1v) is 9.68. The van der Waals surface area contributed by atoms with Crippen molar-refractivity contribution in [2.24, 2.45) is 0 Å². The third kappa shape index (κ3) is 6.87. The van der Waals surface area contributed by atoms with Crippen molar-refractivity contribution < 1.29 is 14.3 Å². The van der Waals surface area contributed by atoms with Gasteiger partial charge in [-0.15, -0.1) is 0 Å². The maximum atomic E-state index is 12.3. The molecule has 0 spiro atoms. The number of carbonyl (C=O) groups is 2. The second-order valence-electron chi connectivity index (χ2n) is 7.84. The largest absolute Gasteiger partial charge is 0.483 e. The number of rotatable bonds is 4. The van der Waals surface area contributed by atoms with Gasteiger partial charge in [0, 0.05) is 5.56 Å². The summed E-state index contributed by atoms with van der Waals surface area (Å²) in [4.78, 5) is 24.2. The van der Waals surface area contributed by atoms with Gasteiger partial charge < -0.3 is 4.74 Å². The number of thiocarbonyl (C=S) groups is 1. The molecule has 2 rings (SSSR count). The number of amides is 2. The zero-order valence-electron chi connectivity index (χ0n) is 17.4. The molecule has 0 saturated heterocycles. The van der Waals surface area contributed by atoms with Crippen LogP contribution in [0.1, 0.15) is 47.8 Å². The molecule has 0 aliphatic rings. The van der Waals surface area contributed by atoms with Gasteiger partial charge in [-0.05, 0) is 60.8 Å². The monoisotopic (exact) mass is 413 g/mol. The lowest BCUT2D eigenvalue weighted by atomic mass is 9.87. The fraction of sp³-hybridized carbons (Fsp3) is 0.318. The maximum Gasteiger partial charge on any atom is 0.276 e. The molecule has 7 heteroatoms. The Labute approximate surface area is 177 Å². The number of hydrogen-bond acceptors (Lipinski definition) is 4. The van der Waals surface area contributed by atoms with Crippen molar-refractivity contribution in [1.29, 1.82) is 0 Å². The van der Waals surface area contributed by atoms with Gasteiger partial charge in [0.15, 0.2) is 11.7 Å². The van der Waals surface area contributed by atoms with E-state index in [9.17, 15) is 9.59 Å². The number of nitrogens with one attached hydrogen (secondary N) is 3. The van der Waals surface area contributed by atoms with E-state index in [-0.39, 0.29) is 23.0 Å². The normalized spacial score (nSPS) is 10.8. The molecule has 29 heavy (non-hydrogen) atoms. The molecule has 3 N–H and O–H groups in total. The van der Waals surface area contributed by atoms with Crippen LogP contribution in [-0.4, -0.2) is 23.5 Å². The zero-order valence-corrected chi connectivity index (χ0v) is 18.2. The average molecular weight is 414 g/mol. The summed E-state index contributed by atoms with van der Waals surface area (Å²) in [5, 5.41) is 2.52. The highest BCUT2D eigenvalue weighted by atomic mass is 32.1. The molecule has 0 saturated carbocycles. The van der Waals surface area contributed by atoms with Crippen molar-refractivity contribution in [3.8, 4) is 5.75 Å². The highest BCUT2D eigenvalue weighted by Crippen LogP contribution is 2.22. The molecule has 154 valence electrons. The third-order valence-electron chi connectivity index (χ3n) is 4.24. The number of benzene rings is 2. The summed E-state index contributed by atoms with van der Waals surface area (Å²) in [7, 11) is 0. The first-order chi connectivity index (χ1) is 13.6. The summed E-state index contributed by atoms with van der Waals surface area (Å²) in [6, 6.07) is 13.0. The lowest BCUT2D eigenvalue weighted by Crippen LogP contribution is -2.49. The molecule has 0 bridgehead atoms. The second kappa shape index (κ2) is 9.52. The molecule has 2 aromatic carbocycles. The molecule has 6 nitrogen and oxygen atoms in total.